The van der Waals surface area contributed by atoms with Gasteiger partial charge in [0, 0.05) is 11.1 Å². The van der Waals surface area contributed by atoms with Gasteiger partial charge in [-0.2, -0.15) is 0 Å². The highest BCUT2D eigenvalue weighted by atomic mass is 79.9. The second kappa shape index (κ2) is 13.4. The van der Waals surface area contributed by atoms with Gasteiger partial charge in [-0.05, 0) is 103 Å². The minimum atomic E-state index is 0.540. The molecule has 0 fully saturated rings. The van der Waals surface area contributed by atoms with Crippen molar-refractivity contribution in [1.82, 2.24) is 0 Å². The van der Waals surface area contributed by atoms with Crippen LogP contribution in [0.3, 0.4) is 0 Å². The lowest BCUT2D eigenvalue weighted by molar-refractivity contribution is 0.306. The van der Waals surface area contributed by atoms with Crippen LogP contribution in [-0.4, -0.2) is 0 Å². The van der Waals surface area contributed by atoms with Crippen LogP contribution in [0.15, 0.2) is 118 Å². The molecule has 5 rings (SSSR count). The highest BCUT2D eigenvalue weighted by Crippen LogP contribution is 2.36. The Balaban J connectivity index is 1.21. The van der Waals surface area contributed by atoms with E-state index in [0.29, 0.717) is 13.2 Å². The Labute approximate surface area is 249 Å². The molecule has 4 aromatic carbocycles. The molecule has 0 bridgehead atoms. The first-order chi connectivity index (χ1) is 19.1. The van der Waals surface area contributed by atoms with E-state index >= 15 is 0 Å². The van der Waals surface area contributed by atoms with Crippen molar-refractivity contribution in [3.05, 3.63) is 150 Å². The normalized spacial score (nSPS) is 10.1. The van der Waals surface area contributed by atoms with Gasteiger partial charge in [0.25, 0.3) is 0 Å². The third-order valence-corrected chi connectivity index (χ3v) is 9.31. The van der Waals surface area contributed by atoms with Gasteiger partial charge in [0.2, 0.25) is 0 Å². The zero-order valence-corrected chi connectivity index (χ0v) is 24.8. The smallest absolute Gasteiger partial charge is 0.119 e. The van der Waals surface area contributed by atoms with Crippen molar-refractivity contribution in [2.24, 2.45) is 0 Å². The molecule has 5 aromatic rings. The molecule has 0 N–H and O–H groups in total. The molecule has 1 aromatic heterocycles. The maximum atomic E-state index is 5.87. The van der Waals surface area contributed by atoms with Gasteiger partial charge in [0.15, 0.2) is 0 Å². The fraction of sp³-hybridized carbons (Fsp3) is 0.0588. The largest absolute Gasteiger partial charge is 0.489 e. The minimum absolute atomic E-state index is 0.540. The molecule has 0 atom stereocenters. The summed E-state index contributed by atoms with van der Waals surface area (Å²) in [5.41, 5.74) is 4.11. The van der Waals surface area contributed by atoms with Crippen molar-refractivity contribution in [3.8, 4) is 35.2 Å². The summed E-state index contributed by atoms with van der Waals surface area (Å²) < 4.78 is 13.6. The van der Waals surface area contributed by atoms with Crippen molar-refractivity contribution in [2.45, 2.75) is 13.2 Å². The highest BCUT2D eigenvalue weighted by Gasteiger charge is 2.11. The SMILES string of the molecule is Brc1c(C#Cc2ccc(OCc3ccccc3)cc2)sc(C#Cc2ccc(OCc3ccccc3)cc2)c1Br. The van der Waals surface area contributed by atoms with E-state index in [9.17, 15) is 0 Å². The fourth-order valence-corrected chi connectivity index (χ4v) is 5.69. The van der Waals surface area contributed by atoms with Crippen LogP contribution in [0.25, 0.3) is 0 Å². The number of hydrogen-bond donors (Lipinski definition) is 0. The van der Waals surface area contributed by atoms with Crippen LogP contribution in [0.2, 0.25) is 0 Å². The van der Waals surface area contributed by atoms with Crippen molar-refractivity contribution < 1.29 is 9.47 Å². The monoisotopic (exact) mass is 652 g/mol. The predicted molar refractivity (Wildman–Crippen MR) is 166 cm³/mol. The van der Waals surface area contributed by atoms with Crippen molar-refractivity contribution in [2.75, 3.05) is 0 Å². The van der Waals surface area contributed by atoms with Crippen molar-refractivity contribution >= 4 is 43.2 Å². The van der Waals surface area contributed by atoms with E-state index in [0.717, 1.165) is 52.5 Å². The average molecular weight is 654 g/mol. The van der Waals surface area contributed by atoms with Gasteiger partial charge in [0.1, 0.15) is 24.7 Å². The number of thiophene rings is 1. The number of rotatable bonds is 6. The summed E-state index contributed by atoms with van der Waals surface area (Å²) >= 11 is 8.87. The molecule has 0 spiro atoms. The maximum Gasteiger partial charge on any atom is 0.119 e. The molecule has 0 aliphatic heterocycles. The summed E-state index contributed by atoms with van der Waals surface area (Å²) in [6.45, 7) is 1.08. The molecule has 5 heteroatoms. The molecule has 190 valence electrons. The maximum absolute atomic E-state index is 5.87. The standard InChI is InChI=1S/C34H22Br2O2S/c35-33-31(21-15-25-11-17-29(18-12-25)37-23-27-7-3-1-4-8-27)39-32(34(33)36)22-16-26-13-19-30(20-14-26)38-24-28-9-5-2-6-10-28/h1-14,17-20H,23-24H2. The van der Waals surface area contributed by atoms with Gasteiger partial charge in [-0.15, -0.1) is 11.3 Å². The first-order valence-corrected chi connectivity index (χ1v) is 14.6. The summed E-state index contributed by atoms with van der Waals surface area (Å²) in [5.74, 6) is 14.6. The third kappa shape index (κ3) is 7.65. The number of halogens is 2. The predicted octanol–water partition coefficient (Wildman–Crippen LogP) is 9.23. The van der Waals surface area contributed by atoms with E-state index in [1.807, 2.05) is 109 Å². The molecule has 0 saturated heterocycles. The molecular weight excluding hydrogens is 632 g/mol. The van der Waals surface area contributed by atoms with Crippen LogP contribution < -0.4 is 9.47 Å². The van der Waals surface area contributed by atoms with Crippen LogP contribution in [0.5, 0.6) is 11.5 Å². The van der Waals surface area contributed by atoms with E-state index in [1.165, 1.54) is 0 Å². The van der Waals surface area contributed by atoms with E-state index in [1.54, 1.807) is 11.3 Å². The van der Waals surface area contributed by atoms with Gasteiger partial charge < -0.3 is 9.47 Å². The molecule has 1 heterocycles. The van der Waals surface area contributed by atoms with Crippen LogP contribution in [0.4, 0.5) is 0 Å². The zero-order valence-electron chi connectivity index (χ0n) is 20.8. The molecule has 0 radical (unpaired) electrons. The van der Waals surface area contributed by atoms with E-state index in [4.69, 9.17) is 9.47 Å². The Morgan fingerprint density at radius 1 is 0.487 bits per heavy atom. The van der Waals surface area contributed by atoms with Gasteiger partial charge >= 0.3 is 0 Å². The molecule has 0 saturated carbocycles. The number of hydrogen-bond acceptors (Lipinski definition) is 3. The first kappa shape index (κ1) is 26.9. The van der Waals surface area contributed by atoms with E-state index < -0.39 is 0 Å². The van der Waals surface area contributed by atoms with Crippen LogP contribution in [0.1, 0.15) is 32.0 Å². The van der Waals surface area contributed by atoms with Crippen LogP contribution in [-0.2, 0) is 13.2 Å². The Bertz CT molecular complexity index is 1530. The second-order valence-electron chi connectivity index (χ2n) is 8.49. The Kier molecular flexibility index (Phi) is 9.20. The van der Waals surface area contributed by atoms with E-state index in [2.05, 4.69) is 55.5 Å². The quantitative estimate of drug-likeness (QED) is 0.170. The van der Waals surface area contributed by atoms with Crippen LogP contribution >= 0.6 is 43.2 Å². The van der Waals surface area contributed by atoms with E-state index in [-0.39, 0.29) is 0 Å². The Morgan fingerprint density at radius 3 is 1.26 bits per heavy atom. The number of ether oxygens (including phenoxy) is 2. The summed E-state index contributed by atoms with van der Waals surface area (Å²) in [6, 6.07) is 35.9. The summed E-state index contributed by atoms with van der Waals surface area (Å²) in [7, 11) is 0. The lowest BCUT2D eigenvalue weighted by Gasteiger charge is -2.05. The average Bonchev–Trinajstić information content (AvgIpc) is 3.27. The van der Waals surface area contributed by atoms with Crippen molar-refractivity contribution in [1.29, 1.82) is 0 Å². The van der Waals surface area contributed by atoms with Gasteiger partial charge in [-0.25, -0.2) is 0 Å². The molecular formula is C34H22Br2O2S. The second-order valence-corrected chi connectivity index (χ2v) is 11.1. The fourth-order valence-electron chi connectivity index (χ4n) is 3.56. The summed E-state index contributed by atoms with van der Waals surface area (Å²) in [4.78, 5) is 1.83. The molecule has 0 aliphatic carbocycles. The highest BCUT2D eigenvalue weighted by molar-refractivity contribution is 9.13. The van der Waals surface area contributed by atoms with Gasteiger partial charge in [-0.3, -0.25) is 0 Å². The van der Waals surface area contributed by atoms with Gasteiger partial charge in [-0.1, -0.05) is 72.5 Å². The summed E-state index contributed by atoms with van der Waals surface area (Å²) in [6.07, 6.45) is 0. The minimum Gasteiger partial charge on any atom is -0.489 e. The summed E-state index contributed by atoms with van der Waals surface area (Å²) in [5, 5.41) is 0. The number of benzene rings is 4. The molecule has 0 unspecified atom stereocenters. The molecule has 39 heavy (non-hydrogen) atoms. The molecule has 2 nitrogen and oxygen atoms in total. The topological polar surface area (TPSA) is 18.5 Å². The Morgan fingerprint density at radius 2 is 0.872 bits per heavy atom. The lowest BCUT2D eigenvalue weighted by atomic mass is 10.2. The Hall–Kier alpha value is -3.74. The lowest BCUT2D eigenvalue weighted by Crippen LogP contribution is -1.94. The first-order valence-electron chi connectivity index (χ1n) is 12.2. The molecule has 0 aliphatic rings. The van der Waals surface area contributed by atoms with Gasteiger partial charge in [0.05, 0.1) is 18.7 Å². The third-order valence-electron chi connectivity index (χ3n) is 5.64. The zero-order chi connectivity index (χ0) is 26.9. The van der Waals surface area contributed by atoms with Crippen molar-refractivity contribution in [3.63, 3.8) is 0 Å². The molecule has 0 amide bonds. The van der Waals surface area contributed by atoms with Crippen LogP contribution in [0, 0.1) is 23.7 Å².